The highest BCUT2D eigenvalue weighted by Gasteiger charge is 2.85. The van der Waals surface area contributed by atoms with Gasteiger partial charge in [-0.15, -0.1) is 0 Å². The maximum absolute atomic E-state index is 12.5. The molecule has 0 saturated heterocycles. The van der Waals surface area contributed by atoms with Gasteiger partial charge in [0.15, 0.2) is 0 Å². The number of rotatable bonds is 6. The van der Waals surface area contributed by atoms with E-state index in [1.807, 2.05) is 0 Å². The number of allylic oxidation sites excluding steroid dienone is 1. The van der Waals surface area contributed by atoms with Gasteiger partial charge in [-0.2, -0.15) is 0 Å². The third-order valence-electron chi connectivity index (χ3n) is 13.7. The zero-order chi connectivity index (χ0) is 25.8. The molecule has 2 spiro atoms. The quantitative estimate of drug-likeness (QED) is 0.377. The number of hydrogen-bond acceptors (Lipinski definition) is 3. The van der Waals surface area contributed by atoms with Gasteiger partial charge in [0.2, 0.25) is 0 Å². The summed E-state index contributed by atoms with van der Waals surface area (Å²) in [7, 11) is 0. The van der Waals surface area contributed by atoms with Crippen molar-refractivity contribution in [3.05, 3.63) is 12.2 Å². The van der Waals surface area contributed by atoms with E-state index < -0.39 is 23.6 Å². The van der Waals surface area contributed by atoms with Gasteiger partial charge >= 0.3 is 5.97 Å². The SMILES string of the molecule is C=C(CCC(C)[C@H]1CC[C@@]2(C)[C@@H]3CC[C@@H]4[C@]5(C[C@@]35CC[C@]12C)C(O)CC(O)[C@@]4(C)C(=O)O)C(C)C. The molecule has 0 aromatic rings. The molecule has 3 unspecified atom stereocenters. The summed E-state index contributed by atoms with van der Waals surface area (Å²) in [5.41, 5.74) is 0.506. The molecule has 5 aliphatic carbocycles. The van der Waals surface area contributed by atoms with Crippen LogP contribution in [0, 0.1) is 56.7 Å². The Labute approximate surface area is 213 Å². The zero-order valence-electron chi connectivity index (χ0n) is 23.1. The number of fused-ring (bicyclic) bond motifs is 2. The fourth-order valence-electron chi connectivity index (χ4n) is 11.2. The van der Waals surface area contributed by atoms with Crippen LogP contribution in [-0.2, 0) is 4.79 Å². The second kappa shape index (κ2) is 7.82. The van der Waals surface area contributed by atoms with Gasteiger partial charge in [0.1, 0.15) is 0 Å². The van der Waals surface area contributed by atoms with Crippen molar-refractivity contribution in [3.8, 4) is 0 Å². The topological polar surface area (TPSA) is 77.8 Å². The summed E-state index contributed by atoms with van der Waals surface area (Å²) in [5, 5.41) is 32.5. The molecule has 0 bridgehead atoms. The first-order valence-electron chi connectivity index (χ1n) is 14.5. The molecule has 35 heavy (non-hydrogen) atoms. The molecule has 0 heterocycles. The van der Waals surface area contributed by atoms with E-state index in [1.165, 1.54) is 31.3 Å². The average Bonchev–Trinajstić information content (AvgIpc) is 3.40. The Morgan fingerprint density at radius 3 is 2.23 bits per heavy atom. The molecule has 0 aliphatic heterocycles. The predicted octanol–water partition coefficient (Wildman–Crippen LogP) is 6.45. The lowest BCUT2D eigenvalue weighted by atomic mass is 9.41. The Morgan fingerprint density at radius 1 is 0.943 bits per heavy atom. The molecule has 0 aromatic carbocycles. The second-order valence-corrected chi connectivity index (χ2v) is 14.7. The number of hydrogen-bond donors (Lipinski definition) is 3. The Morgan fingerprint density at radius 2 is 1.60 bits per heavy atom. The van der Waals surface area contributed by atoms with Crippen LogP contribution in [0.3, 0.4) is 0 Å². The first kappa shape index (κ1) is 25.8. The van der Waals surface area contributed by atoms with E-state index in [9.17, 15) is 20.1 Å². The van der Waals surface area contributed by atoms with Crippen molar-refractivity contribution >= 4 is 5.97 Å². The van der Waals surface area contributed by atoms with Crippen LogP contribution < -0.4 is 0 Å². The van der Waals surface area contributed by atoms with Gasteiger partial charge in [0.05, 0.1) is 17.6 Å². The minimum absolute atomic E-state index is 0.0600. The summed E-state index contributed by atoms with van der Waals surface area (Å²) < 4.78 is 0. The molecule has 0 amide bonds. The van der Waals surface area contributed by atoms with Crippen LogP contribution in [0.4, 0.5) is 0 Å². The molecular formula is C31H50O4. The Balaban J connectivity index is 1.43. The van der Waals surface area contributed by atoms with Gasteiger partial charge in [0, 0.05) is 11.8 Å². The van der Waals surface area contributed by atoms with E-state index >= 15 is 0 Å². The van der Waals surface area contributed by atoms with Crippen LogP contribution in [0.5, 0.6) is 0 Å². The molecule has 0 radical (unpaired) electrons. The lowest BCUT2D eigenvalue weighted by molar-refractivity contribution is -0.210. The van der Waals surface area contributed by atoms with Crippen molar-refractivity contribution in [2.75, 3.05) is 0 Å². The molecule has 5 rings (SSSR count). The first-order chi connectivity index (χ1) is 16.2. The normalized spacial score (nSPS) is 53.2. The monoisotopic (exact) mass is 486 g/mol. The van der Waals surface area contributed by atoms with E-state index in [-0.39, 0.29) is 28.6 Å². The van der Waals surface area contributed by atoms with Gasteiger partial charge in [-0.05, 0) is 111 Å². The van der Waals surface area contributed by atoms with E-state index in [0.717, 1.165) is 38.0 Å². The molecule has 198 valence electrons. The van der Waals surface area contributed by atoms with Gasteiger partial charge < -0.3 is 15.3 Å². The van der Waals surface area contributed by atoms with E-state index in [0.29, 0.717) is 23.2 Å². The fraction of sp³-hybridized carbons (Fsp3) is 0.903. The maximum Gasteiger partial charge on any atom is 0.312 e. The van der Waals surface area contributed by atoms with Gasteiger partial charge in [-0.3, -0.25) is 4.79 Å². The minimum Gasteiger partial charge on any atom is -0.481 e. The maximum atomic E-state index is 12.5. The Kier molecular flexibility index (Phi) is 5.76. The number of carboxylic acid groups (broad SMARTS) is 1. The van der Waals surface area contributed by atoms with Crippen LogP contribution in [0.2, 0.25) is 0 Å². The summed E-state index contributed by atoms with van der Waals surface area (Å²) in [5.74, 6) is 1.50. The third kappa shape index (κ3) is 2.96. The molecule has 5 saturated carbocycles. The summed E-state index contributed by atoms with van der Waals surface area (Å²) in [4.78, 5) is 12.5. The van der Waals surface area contributed by atoms with Gasteiger partial charge in [-0.1, -0.05) is 46.8 Å². The zero-order valence-corrected chi connectivity index (χ0v) is 23.1. The van der Waals surface area contributed by atoms with E-state index in [4.69, 9.17) is 0 Å². The van der Waals surface area contributed by atoms with Crippen molar-refractivity contribution in [2.45, 2.75) is 118 Å². The number of aliphatic hydroxyl groups is 2. The molecule has 3 N–H and O–H groups in total. The third-order valence-corrected chi connectivity index (χ3v) is 13.7. The molecule has 4 heteroatoms. The number of aliphatic carboxylic acids is 1. The lowest BCUT2D eigenvalue weighted by Gasteiger charge is -2.63. The van der Waals surface area contributed by atoms with Crippen LogP contribution in [0.15, 0.2) is 12.2 Å². The molecular weight excluding hydrogens is 436 g/mol. The molecule has 0 aromatic heterocycles. The van der Waals surface area contributed by atoms with Crippen molar-refractivity contribution in [2.24, 2.45) is 56.7 Å². The Hall–Kier alpha value is -0.870. The molecule has 5 aliphatic rings. The lowest BCUT2D eigenvalue weighted by Crippen LogP contribution is -2.63. The van der Waals surface area contributed by atoms with Crippen LogP contribution >= 0.6 is 0 Å². The molecule has 11 atom stereocenters. The highest BCUT2D eigenvalue weighted by Crippen LogP contribution is 2.89. The van der Waals surface area contributed by atoms with E-state index in [1.54, 1.807) is 6.92 Å². The smallest absolute Gasteiger partial charge is 0.312 e. The van der Waals surface area contributed by atoms with Crippen molar-refractivity contribution in [3.63, 3.8) is 0 Å². The highest BCUT2D eigenvalue weighted by atomic mass is 16.4. The van der Waals surface area contributed by atoms with Crippen molar-refractivity contribution < 1.29 is 20.1 Å². The van der Waals surface area contributed by atoms with E-state index in [2.05, 4.69) is 41.2 Å². The first-order valence-corrected chi connectivity index (χ1v) is 14.5. The summed E-state index contributed by atoms with van der Waals surface area (Å²) >= 11 is 0. The van der Waals surface area contributed by atoms with Crippen molar-refractivity contribution in [1.29, 1.82) is 0 Å². The summed E-state index contributed by atoms with van der Waals surface area (Å²) in [6, 6.07) is 0. The minimum atomic E-state index is -1.15. The summed E-state index contributed by atoms with van der Waals surface area (Å²) in [6.07, 6.45) is 8.70. The van der Waals surface area contributed by atoms with Crippen molar-refractivity contribution in [1.82, 2.24) is 0 Å². The average molecular weight is 487 g/mol. The largest absolute Gasteiger partial charge is 0.481 e. The molecule has 4 nitrogen and oxygen atoms in total. The highest BCUT2D eigenvalue weighted by molar-refractivity contribution is 5.76. The fourth-order valence-corrected chi connectivity index (χ4v) is 11.2. The van der Waals surface area contributed by atoms with Gasteiger partial charge in [0.25, 0.3) is 0 Å². The number of carboxylic acids is 1. The number of aliphatic hydroxyl groups excluding tert-OH is 2. The standard InChI is InChI=1S/C31H50O4/c1-18(2)19(3)8-9-20(4)21-12-13-28(6)22-10-11-23-29(7,26(34)35)24(32)16-25(33)31(23)17-30(22,31)15-14-27(21,28)5/h18,20-25,32-33H,3,8-17H2,1-2,4-7H3,(H,34,35)/t20?,21-,22+,23+,24?,25?,27-,28+,29+,30+,31-/m1/s1. The second-order valence-electron chi connectivity index (χ2n) is 14.7. The van der Waals surface area contributed by atoms with Crippen LogP contribution in [0.25, 0.3) is 0 Å². The number of carbonyl (C=O) groups is 1. The Bertz CT molecular complexity index is 912. The molecule has 5 fully saturated rings. The summed E-state index contributed by atoms with van der Waals surface area (Å²) in [6.45, 7) is 18.2. The van der Waals surface area contributed by atoms with Crippen LogP contribution in [-0.4, -0.2) is 33.5 Å². The van der Waals surface area contributed by atoms with Gasteiger partial charge in [-0.25, -0.2) is 0 Å². The predicted molar refractivity (Wildman–Crippen MR) is 139 cm³/mol. The van der Waals surface area contributed by atoms with Crippen LogP contribution in [0.1, 0.15) is 106 Å².